The van der Waals surface area contributed by atoms with Crippen molar-refractivity contribution >= 4 is 41.0 Å². The van der Waals surface area contributed by atoms with Gasteiger partial charge in [0.1, 0.15) is 12.1 Å². The Morgan fingerprint density at radius 2 is 1.79 bits per heavy atom. The lowest BCUT2D eigenvalue weighted by molar-refractivity contribution is -0.150. The normalized spacial score (nSPS) is 13.5. The lowest BCUT2D eigenvalue weighted by atomic mass is 10.1. The molecule has 2 aromatic carbocycles. The van der Waals surface area contributed by atoms with Crippen molar-refractivity contribution in [3.8, 4) is 6.07 Å². The Bertz CT molecular complexity index is 1040. The van der Waals surface area contributed by atoms with E-state index < -0.39 is 36.3 Å². The van der Waals surface area contributed by atoms with Gasteiger partial charge in [-0.3, -0.25) is 19.3 Å². The number of nitriles is 1. The third-order valence-electron chi connectivity index (χ3n) is 4.28. The molecule has 9 heteroatoms. The highest BCUT2D eigenvalue weighted by molar-refractivity contribution is 6.31. The van der Waals surface area contributed by atoms with Gasteiger partial charge in [-0.05, 0) is 37.3 Å². The van der Waals surface area contributed by atoms with Crippen LogP contribution in [-0.4, -0.2) is 41.2 Å². The highest BCUT2D eigenvalue weighted by Gasteiger charge is 2.41. The zero-order chi connectivity index (χ0) is 21.1. The predicted octanol–water partition coefficient (Wildman–Crippen LogP) is 2.38. The van der Waals surface area contributed by atoms with Crippen LogP contribution in [0.1, 0.15) is 33.2 Å². The van der Waals surface area contributed by atoms with E-state index in [1.807, 2.05) is 6.07 Å². The fourth-order valence-corrected chi connectivity index (χ4v) is 3.00. The van der Waals surface area contributed by atoms with Crippen LogP contribution in [0.4, 0.5) is 5.69 Å². The Balaban J connectivity index is 1.62. The van der Waals surface area contributed by atoms with Crippen molar-refractivity contribution < 1.29 is 23.9 Å². The third kappa shape index (κ3) is 3.95. The van der Waals surface area contributed by atoms with E-state index in [1.54, 1.807) is 12.1 Å². The van der Waals surface area contributed by atoms with Gasteiger partial charge in [-0.25, -0.2) is 4.79 Å². The number of carbonyl (C=O) groups excluding carboxylic acids is 4. The number of benzene rings is 2. The van der Waals surface area contributed by atoms with Gasteiger partial charge in [0.25, 0.3) is 17.7 Å². The van der Waals surface area contributed by atoms with E-state index in [2.05, 4.69) is 5.32 Å². The van der Waals surface area contributed by atoms with E-state index in [0.717, 1.165) is 4.90 Å². The molecule has 0 saturated heterocycles. The smallest absolute Gasteiger partial charge is 0.329 e. The van der Waals surface area contributed by atoms with Crippen LogP contribution in [0, 0.1) is 11.3 Å². The van der Waals surface area contributed by atoms with E-state index in [1.165, 1.54) is 37.3 Å². The van der Waals surface area contributed by atoms with Gasteiger partial charge in [-0.1, -0.05) is 23.7 Å². The zero-order valence-corrected chi connectivity index (χ0v) is 15.9. The van der Waals surface area contributed by atoms with Gasteiger partial charge in [0.15, 0.2) is 6.61 Å². The number of nitrogens with zero attached hydrogens (tertiary/aromatic N) is 2. The second kappa shape index (κ2) is 8.12. The Hall–Kier alpha value is -3.70. The first kappa shape index (κ1) is 20.0. The number of anilines is 1. The van der Waals surface area contributed by atoms with Crippen molar-refractivity contribution in [2.75, 3.05) is 11.9 Å². The molecule has 0 spiro atoms. The molecule has 0 unspecified atom stereocenters. The quantitative estimate of drug-likeness (QED) is 0.596. The fraction of sp³-hybridized carbons (Fsp3) is 0.150. The van der Waals surface area contributed by atoms with E-state index in [9.17, 15) is 19.2 Å². The summed E-state index contributed by atoms with van der Waals surface area (Å²) in [6.45, 7) is 0.677. The van der Waals surface area contributed by atoms with Crippen LogP contribution in [0.2, 0.25) is 5.02 Å². The average Bonchev–Trinajstić information content (AvgIpc) is 2.96. The molecule has 1 aliphatic heterocycles. The number of ether oxygens (including phenoxy) is 1. The highest BCUT2D eigenvalue weighted by Crippen LogP contribution is 2.25. The summed E-state index contributed by atoms with van der Waals surface area (Å²) in [6.07, 6.45) is 0. The van der Waals surface area contributed by atoms with Crippen LogP contribution in [0.5, 0.6) is 0 Å². The summed E-state index contributed by atoms with van der Waals surface area (Å²) in [5.74, 6) is -2.82. The second-order valence-corrected chi connectivity index (χ2v) is 6.60. The fourth-order valence-electron chi connectivity index (χ4n) is 2.83. The second-order valence-electron chi connectivity index (χ2n) is 6.16. The molecule has 0 fully saturated rings. The topological polar surface area (TPSA) is 117 Å². The van der Waals surface area contributed by atoms with Crippen LogP contribution < -0.4 is 5.32 Å². The summed E-state index contributed by atoms with van der Waals surface area (Å²) in [6, 6.07) is 11.3. The monoisotopic (exact) mass is 411 g/mol. The number of fused-ring (bicyclic) bond motifs is 1. The SMILES string of the molecule is C[C@@H](C(=O)OCC(=O)Nc1cc(Cl)ccc1C#N)N1C(=O)c2ccccc2C1=O. The molecule has 1 heterocycles. The molecule has 3 rings (SSSR count). The maximum absolute atomic E-state index is 12.4. The van der Waals surface area contributed by atoms with E-state index in [4.69, 9.17) is 21.6 Å². The standard InChI is InChI=1S/C20H14ClN3O5/c1-11(24-18(26)14-4-2-3-5-15(14)19(24)27)20(28)29-10-17(25)23-16-8-13(21)7-6-12(16)9-22/h2-8,11H,10H2,1H3,(H,23,25)/t11-/m0/s1. The zero-order valence-electron chi connectivity index (χ0n) is 15.1. The maximum atomic E-state index is 12.4. The molecule has 1 aliphatic rings. The molecule has 0 saturated carbocycles. The summed E-state index contributed by atoms with van der Waals surface area (Å²) >= 11 is 5.85. The highest BCUT2D eigenvalue weighted by atomic mass is 35.5. The van der Waals surface area contributed by atoms with Crippen molar-refractivity contribution in [1.29, 1.82) is 5.26 Å². The lowest BCUT2D eigenvalue weighted by Gasteiger charge is -2.20. The summed E-state index contributed by atoms with van der Waals surface area (Å²) < 4.78 is 4.94. The molecule has 0 aromatic heterocycles. The Kier molecular flexibility index (Phi) is 5.61. The van der Waals surface area contributed by atoms with Gasteiger partial charge in [-0.15, -0.1) is 0 Å². The van der Waals surface area contributed by atoms with Gasteiger partial charge in [0, 0.05) is 5.02 Å². The van der Waals surface area contributed by atoms with Crippen molar-refractivity contribution in [3.63, 3.8) is 0 Å². The van der Waals surface area contributed by atoms with Crippen molar-refractivity contribution in [1.82, 2.24) is 4.90 Å². The maximum Gasteiger partial charge on any atom is 0.329 e. The minimum absolute atomic E-state index is 0.175. The molecule has 29 heavy (non-hydrogen) atoms. The van der Waals surface area contributed by atoms with Crippen molar-refractivity contribution in [2.24, 2.45) is 0 Å². The van der Waals surface area contributed by atoms with Crippen LogP contribution in [0.25, 0.3) is 0 Å². The number of carbonyl (C=O) groups is 4. The van der Waals surface area contributed by atoms with Gasteiger partial charge >= 0.3 is 5.97 Å². The summed E-state index contributed by atoms with van der Waals surface area (Å²) in [7, 11) is 0. The molecular weight excluding hydrogens is 398 g/mol. The summed E-state index contributed by atoms with van der Waals surface area (Å²) in [4.78, 5) is 50.0. The molecular formula is C20H14ClN3O5. The van der Waals surface area contributed by atoms with Gasteiger partial charge in [0.2, 0.25) is 0 Å². The first-order valence-corrected chi connectivity index (χ1v) is 8.84. The number of rotatable bonds is 5. The Morgan fingerprint density at radius 3 is 2.38 bits per heavy atom. The largest absolute Gasteiger partial charge is 0.454 e. The van der Waals surface area contributed by atoms with Crippen LogP contribution in [0.3, 0.4) is 0 Å². The van der Waals surface area contributed by atoms with Crippen LogP contribution in [-0.2, 0) is 14.3 Å². The van der Waals surface area contributed by atoms with Crippen molar-refractivity contribution in [2.45, 2.75) is 13.0 Å². The molecule has 0 aliphatic carbocycles. The Labute approximate surface area is 170 Å². The molecule has 0 radical (unpaired) electrons. The predicted molar refractivity (Wildman–Crippen MR) is 102 cm³/mol. The van der Waals surface area contributed by atoms with E-state index in [0.29, 0.717) is 5.02 Å². The Morgan fingerprint density at radius 1 is 1.17 bits per heavy atom. The number of halogens is 1. The minimum atomic E-state index is -1.21. The molecule has 0 bridgehead atoms. The molecule has 1 N–H and O–H groups in total. The molecule has 2 aromatic rings. The first-order valence-electron chi connectivity index (χ1n) is 8.46. The minimum Gasteiger partial charge on any atom is -0.454 e. The van der Waals surface area contributed by atoms with Gasteiger partial charge < -0.3 is 10.1 Å². The van der Waals surface area contributed by atoms with E-state index in [-0.39, 0.29) is 22.4 Å². The number of imide groups is 1. The van der Waals surface area contributed by atoms with Crippen LogP contribution >= 0.6 is 11.6 Å². The molecule has 3 amide bonds. The molecule has 8 nitrogen and oxygen atoms in total. The number of amides is 3. The average molecular weight is 412 g/mol. The van der Waals surface area contributed by atoms with Gasteiger partial charge in [0.05, 0.1) is 22.4 Å². The lowest BCUT2D eigenvalue weighted by Crippen LogP contribution is -2.44. The van der Waals surface area contributed by atoms with Crippen LogP contribution in [0.15, 0.2) is 42.5 Å². The summed E-state index contributed by atoms with van der Waals surface area (Å²) in [5, 5.41) is 11.8. The number of esters is 1. The van der Waals surface area contributed by atoms with Crippen molar-refractivity contribution in [3.05, 3.63) is 64.2 Å². The number of nitrogens with one attached hydrogen (secondary N) is 1. The van der Waals surface area contributed by atoms with Gasteiger partial charge in [-0.2, -0.15) is 5.26 Å². The summed E-state index contributed by atoms with van der Waals surface area (Å²) in [5.41, 5.74) is 0.780. The number of hydrogen-bond acceptors (Lipinski definition) is 6. The molecule has 146 valence electrons. The third-order valence-corrected chi connectivity index (χ3v) is 4.51. The first-order chi connectivity index (χ1) is 13.8. The number of hydrogen-bond donors (Lipinski definition) is 1. The van der Waals surface area contributed by atoms with E-state index >= 15 is 0 Å². The molecule has 1 atom stereocenters.